The molecule has 1 aromatic heterocycles. The zero-order valence-electron chi connectivity index (χ0n) is 11.8. The first-order valence-corrected chi connectivity index (χ1v) is 9.17. The number of rotatable bonds is 6. The highest BCUT2D eigenvalue weighted by Gasteiger charge is 2.33. The lowest BCUT2D eigenvalue weighted by molar-refractivity contribution is 0.239. The lowest BCUT2D eigenvalue weighted by Gasteiger charge is -2.34. The van der Waals surface area contributed by atoms with Crippen molar-refractivity contribution in [2.24, 2.45) is 0 Å². The summed E-state index contributed by atoms with van der Waals surface area (Å²) in [7, 11) is -3.42. The summed E-state index contributed by atoms with van der Waals surface area (Å²) in [4.78, 5) is 0.283. The van der Waals surface area contributed by atoms with Crippen LogP contribution in [-0.2, 0) is 16.6 Å². The highest BCUT2D eigenvalue weighted by Crippen LogP contribution is 2.27. The van der Waals surface area contributed by atoms with E-state index in [0.717, 1.165) is 32.1 Å². The molecule has 0 radical (unpaired) electrons. The van der Waals surface area contributed by atoms with Crippen LogP contribution in [-0.4, -0.2) is 41.0 Å². The summed E-state index contributed by atoms with van der Waals surface area (Å²) in [6, 6.07) is 0.134. The van der Waals surface area contributed by atoms with Crippen molar-refractivity contribution in [3.63, 3.8) is 0 Å². The molecule has 0 amide bonds. The van der Waals surface area contributed by atoms with Crippen LogP contribution >= 0.6 is 11.6 Å². The first-order valence-electron chi connectivity index (χ1n) is 7.20. The van der Waals surface area contributed by atoms with Crippen LogP contribution < -0.4 is 0 Å². The molecule has 5 nitrogen and oxygen atoms in total. The predicted octanol–water partition coefficient (Wildman–Crippen LogP) is 2.47. The van der Waals surface area contributed by atoms with Crippen molar-refractivity contribution in [2.75, 3.05) is 12.4 Å². The highest BCUT2D eigenvalue weighted by atomic mass is 35.5. The molecule has 20 heavy (non-hydrogen) atoms. The normalized spacial score (nSPS) is 21.2. The maximum absolute atomic E-state index is 12.7. The zero-order chi connectivity index (χ0) is 14.6. The average molecular weight is 320 g/mol. The number of hydrogen-bond donors (Lipinski definition) is 0. The number of alkyl halides is 1. The molecule has 1 fully saturated rings. The number of halogens is 1. The molecule has 1 aliphatic rings. The molecule has 114 valence electrons. The van der Waals surface area contributed by atoms with Crippen molar-refractivity contribution >= 4 is 21.6 Å². The Morgan fingerprint density at radius 3 is 2.95 bits per heavy atom. The van der Waals surface area contributed by atoms with Gasteiger partial charge in [0.25, 0.3) is 0 Å². The Kier molecular flexibility index (Phi) is 5.46. The van der Waals surface area contributed by atoms with Gasteiger partial charge in [0.05, 0.1) is 12.7 Å². The molecule has 1 atom stereocenters. The van der Waals surface area contributed by atoms with Crippen LogP contribution in [0.2, 0.25) is 0 Å². The molecule has 2 rings (SSSR count). The quantitative estimate of drug-likeness (QED) is 0.757. The van der Waals surface area contributed by atoms with Crippen LogP contribution in [0.3, 0.4) is 0 Å². The molecule has 0 saturated carbocycles. The van der Waals surface area contributed by atoms with Gasteiger partial charge in [-0.15, -0.1) is 11.6 Å². The van der Waals surface area contributed by atoms with Crippen molar-refractivity contribution in [3.05, 3.63) is 12.4 Å². The van der Waals surface area contributed by atoms with E-state index in [1.807, 2.05) is 0 Å². The van der Waals surface area contributed by atoms with Gasteiger partial charge < -0.3 is 0 Å². The summed E-state index contributed by atoms with van der Waals surface area (Å²) in [6.07, 6.45) is 7.95. The molecule has 1 unspecified atom stereocenters. The van der Waals surface area contributed by atoms with Crippen LogP contribution in [0.5, 0.6) is 0 Å². The molecule has 0 N–H and O–H groups in total. The van der Waals surface area contributed by atoms with Gasteiger partial charge in [-0.2, -0.15) is 9.40 Å². The molecular weight excluding hydrogens is 298 g/mol. The SMILES string of the molecule is CCCC1CCCCN1S(=O)(=O)c1cnn(CCCl)c1. The largest absolute Gasteiger partial charge is 0.270 e. The molecule has 1 aliphatic heterocycles. The number of aryl methyl sites for hydroxylation is 1. The smallest absolute Gasteiger partial charge is 0.246 e. The van der Waals surface area contributed by atoms with E-state index in [1.54, 1.807) is 15.2 Å². The summed E-state index contributed by atoms with van der Waals surface area (Å²) >= 11 is 5.65. The third-order valence-corrected chi connectivity index (χ3v) is 5.80. The third kappa shape index (κ3) is 3.35. The van der Waals surface area contributed by atoms with Gasteiger partial charge in [-0.1, -0.05) is 19.8 Å². The lowest BCUT2D eigenvalue weighted by Crippen LogP contribution is -2.43. The Morgan fingerprint density at radius 1 is 1.45 bits per heavy atom. The van der Waals surface area contributed by atoms with Gasteiger partial charge in [0.15, 0.2) is 0 Å². The minimum atomic E-state index is -3.42. The van der Waals surface area contributed by atoms with E-state index in [4.69, 9.17) is 11.6 Å². The van der Waals surface area contributed by atoms with Gasteiger partial charge >= 0.3 is 0 Å². The number of aromatic nitrogens is 2. The number of hydrogen-bond acceptors (Lipinski definition) is 3. The van der Waals surface area contributed by atoms with E-state index in [9.17, 15) is 8.42 Å². The minimum Gasteiger partial charge on any atom is -0.270 e. The van der Waals surface area contributed by atoms with Gasteiger partial charge in [-0.25, -0.2) is 8.42 Å². The zero-order valence-corrected chi connectivity index (χ0v) is 13.4. The Labute approximate surface area is 126 Å². The van der Waals surface area contributed by atoms with Gasteiger partial charge in [0.2, 0.25) is 10.0 Å². The Bertz CT molecular complexity index is 527. The van der Waals surface area contributed by atoms with Crippen molar-refractivity contribution in [1.82, 2.24) is 14.1 Å². The molecule has 1 aromatic rings. The van der Waals surface area contributed by atoms with Crippen molar-refractivity contribution in [1.29, 1.82) is 0 Å². The molecule has 2 heterocycles. The topological polar surface area (TPSA) is 55.2 Å². The standard InChI is InChI=1S/C13H22ClN3O2S/c1-2-5-12-6-3-4-8-17(12)20(18,19)13-10-15-16(11-13)9-7-14/h10-12H,2-9H2,1H3. The molecule has 0 spiro atoms. The summed E-state index contributed by atoms with van der Waals surface area (Å²) in [5.74, 6) is 0.420. The summed E-state index contributed by atoms with van der Waals surface area (Å²) in [6.45, 7) is 3.24. The monoisotopic (exact) mass is 319 g/mol. The van der Waals surface area contributed by atoms with Crippen LogP contribution in [0.4, 0.5) is 0 Å². The van der Waals surface area contributed by atoms with E-state index >= 15 is 0 Å². The lowest BCUT2D eigenvalue weighted by atomic mass is 10.0. The Hall–Kier alpha value is -0.590. The van der Waals surface area contributed by atoms with Crippen molar-refractivity contribution in [2.45, 2.75) is 56.5 Å². The summed E-state index contributed by atoms with van der Waals surface area (Å²) in [5, 5.41) is 4.06. The number of nitrogens with zero attached hydrogens (tertiary/aromatic N) is 3. The second kappa shape index (κ2) is 6.91. The molecule has 1 saturated heterocycles. The molecule has 7 heteroatoms. The third-order valence-electron chi connectivity index (χ3n) is 3.72. The second-order valence-corrected chi connectivity index (χ2v) is 7.45. The van der Waals surface area contributed by atoms with Crippen LogP contribution in [0, 0.1) is 0 Å². The van der Waals surface area contributed by atoms with Crippen LogP contribution in [0.1, 0.15) is 39.0 Å². The minimum absolute atomic E-state index is 0.134. The van der Waals surface area contributed by atoms with Crippen molar-refractivity contribution < 1.29 is 8.42 Å². The van der Waals surface area contributed by atoms with Gasteiger partial charge in [0.1, 0.15) is 4.90 Å². The highest BCUT2D eigenvalue weighted by molar-refractivity contribution is 7.89. The molecule has 0 bridgehead atoms. The van der Waals surface area contributed by atoms with Gasteiger partial charge in [0, 0.05) is 24.7 Å². The Balaban J connectivity index is 2.22. The number of sulfonamides is 1. The average Bonchev–Trinajstić information content (AvgIpc) is 2.89. The first-order chi connectivity index (χ1) is 9.59. The molecule has 0 aliphatic carbocycles. The van der Waals surface area contributed by atoms with Crippen molar-refractivity contribution in [3.8, 4) is 0 Å². The molecular formula is C13H22ClN3O2S. The van der Waals surface area contributed by atoms with Crippen LogP contribution in [0.15, 0.2) is 17.3 Å². The summed E-state index contributed by atoms with van der Waals surface area (Å²) in [5.41, 5.74) is 0. The molecule has 0 aromatic carbocycles. The Morgan fingerprint density at radius 2 is 2.25 bits per heavy atom. The predicted molar refractivity (Wildman–Crippen MR) is 79.4 cm³/mol. The second-order valence-electron chi connectivity index (χ2n) is 5.18. The summed E-state index contributed by atoms with van der Waals surface area (Å²) < 4.78 is 28.7. The maximum atomic E-state index is 12.7. The van der Waals surface area contributed by atoms with Gasteiger partial charge in [-0.05, 0) is 19.3 Å². The van der Waals surface area contributed by atoms with E-state index in [0.29, 0.717) is 19.0 Å². The van der Waals surface area contributed by atoms with E-state index < -0.39 is 10.0 Å². The van der Waals surface area contributed by atoms with Crippen LogP contribution in [0.25, 0.3) is 0 Å². The fourth-order valence-corrected chi connectivity index (χ4v) is 4.59. The van der Waals surface area contributed by atoms with E-state index in [2.05, 4.69) is 12.0 Å². The fourth-order valence-electron chi connectivity index (χ4n) is 2.73. The van der Waals surface area contributed by atoms with E-state index in [-0.39, 0.29) is 10.9 Å². The maximum Gasteiger partial charge on any atom is 0.246 e. The number of piperidine rings is 1. The first kappa shape index (κ1) is 15.8. The van der Waals surface area contributed by atoms with E-state index in [1.165, 1.54) is 6.20 Å². The van der Waals surface area contributed by atoms with Gasteiger partial charge in [-0.3, -0.25) is 4.68 Å². The fraction of sp³-hybridized carbons (Fsp3) is 0.769.